The van der Waals surface area contributed by atoms with Crippen molar-refractivity contribution in [3.8, 4) is 0 Å². The van der Waals surface area contributed by atoms with Crippen LogP contribution in [-0.2, 0) is 16.4 Å². The van der Waals surface area contributed by atoms with E-state index in [4.69, 9.17) is 0 Å². The molecule has 106 valence electrons. The Bertz CT molecular complexity index is 651. The van der Waals surface area contributed by atoms with Crippen LogP contribution in [0.5, 0.6) is 0 Å². The summed E-state index contributed by atoms with van der Waals surface area (Å²) in [5, 5.41) is 0. The fourth-order valence-corrected chi connectivity index (χ4v) is 3.06. The second-order valence-corrected chi connectivity index (χ2v) is 6.40. The molecule has 4 heteroatoms. The standard InChI is InChI=1S/C16H19NO2S/c1-2-3-8-14-9-7-10-15(13-14)17-20(18,19)16-11-5-4-6-12-16/h4-7,9-13,17H,2-3,8H2,1H3. The Kier molecular flexibility index (Phi) is 4.79. The number of rotatable bonds is 6. The van der Waals surface area contributed by atoms with Crippen LogP contribution in [0.2, 0.25) is 0 Å². The number of nitrogens with one attached hydrogen (secondary N) is 1. The van der Waals surface area contributed by atoms with Crippen LogP contribution in [0, 0.1) is 0 Å². The minimum atomic E-state index is -3.50. The molecule has 20 heavy (non-hydrogen) atoms. The molecule has 0 aliphatic rings. The lowest BCUT2D eigenvalue weighted by atomic mass is 10.1. The van der Waals surface area contributed by atoms with Crippen molar-refractivity contribution in [1.82, 2.24) is 0 Å². The predicted molar refractivity (Wildman–Crippen MR) is 82.3 cm³/mol. The van der Waals surface area contributed by atoms with Crippen molar-refractivity contribution in [3.63, 3.8) is 0 Å². The zero-order valence-corrected chi connectivity index (χ0v) is 12.4. The van der Waals surface area contributed by atoms with Gasteiger partial charge in [-0.15, -0.1) is 0 Å². The lowest BCUT2D eigenvalue weighted by Gasteiger charge is -2.09. The number of sulfonamides is 1. The summed E-state index contributed by atoms with van der Waals surface area (Å²) >= 11 is 0. The molecule has 3 nitrogen and oxygen atoms in total. The average Bonchev–Trinajstić information content (AvgIpc) is 2.46. The number of anilines is 1. The van der Waals surface area contributed by atoms with E-state index in [1.54, 1.807) is 36.4 Å². The van der Waals surface area contributed by atoms with E-state index >= 15 is 0 Å². The molecule has 0 aliphatic carbocycles. The number of aryl methyl sites for hydroxylation is 1. The molecular formula is C16H19NO2S. The number of hydrogen-bond acceptors (Lipinski definition) is 2. The molecule has 0 heterocycles. The Hall–Kier alpha value is -1.81. The van der Waals surface area contributed by atoms with Crippen molar-refractivity contribution in [2.24, 2.45) is 0 Å². The van der Waals surface area contributed by atoms with Crippen LogP contribution >= 0.6 is 0 Å². The van der Waals surface area contributed by atoms with E-state index < -0.39 is 10.0 Å². The van der Waals surface area contributed by atoms with Crippen LogP contribution in [-0.4, -0.2) is 8.42 Å². The quantitative estimate of drug-likeness (QED) is 0.878. The first-order valence-electron chi connectivity index (χ1n) is 6.78. The van der Waals surface area contributed by atoms with E-state index in [-0.39, 0.29) is 4.90 Å². The Morgan fingerprint density at radius 1 is 1.00 bits per heavy atom. The van der Waals surface area contributed by atoms with Crippen LogP contribution in [0.1, 0.15) is 25.3 Å². The highest BCUT2D eigenvalue weighted by atomic mass is 32.2. The van der Waals surface area contributed by atoms with Gasteiger partial charge in [-0.3, -0.25) is 4.72 Å². The van der Waals surface area contributed by atoms with Crippen molar-refractivity contribution < 1.29 is 8.42 Å². The summed E-state index contributed by atoms with van der Waals surface area (Å²) in [7, 11) is -3.50. The van der Waals surface area contributed by atoms with Gasteiger partial charge in [-0.1, -0.05) is 43.7 Å². The second kappa shape index (κ2) is 6.57. The summed E-state index contributed by atoms with van der Waals surface area (Å²) in [5.41, 5.74) is 1.77. The normalized spacial score (nSPS) is 11.2. The van der Waals surface area contributed by atoms with Crippen molar-refractivity contribution in [2.45, 2.75) is 31.1 Å². The van der Waals surface area contributed by atoms with E-state index in [9.17, 15) is 8.42 Å². The maximum absolute atomic E-state index is 12.2. The van der Waals surface area contributed by atoms with E-state index in [0.717, 1.165) is 24.8 Å². The molecule has 2 aromatic carbocycles. The fourth-order valence-electron chi connectivity index (χ4n) is 1.98. The topological polar surface area (TPSA) is 46.2 Å². The first-order chi connectivity index (χ1) is 9.62. The molecule has 0 amide bonds. The van der Waals surface area contributed by atoms with Gasteiger partial charge in [0, 0.05) is 5.69 Å². The Morgan fingerprint density at radius 2 is 1.75 bits per heavy atom. The molecule has 0 radical (unpaired) electrons. The third kappa shape index (κ3) is 3.84. The molecule has 0 fully saturated rings. The lowest BCUT2D eigenvalue weighted by Crippen LogP contribution is -2.12. The summed E-state index contributed by atoms with van der Waals surface area (Å²) in [4.78, 5) is 0.277. The third-order valence-electron chi connectivity index (χ3n) is 3.05. The molecule has 2 aromatic rings. The Morgan fingerprint density at radius 3 is 2.45 bits per heavy atom. The minimum absolute atomic E-state index is 0.277. The van der Waals surface area contributed by atoms with Gasteiger partial charge < -0.3 is 0 Å². The van der Waals surface area contributed by atoms with Crippen molar-refractivity contribution in [3.05, 3.63) is 60.2 Å². The van der Waals surface area contributed by atoms with Gasteiger partial charge >= 0.3 is 0 Å². The second-order valence-electron chi connectivity index (χ2n) is 4.72. The first-order valence-corrected chi connectivity index (χ1v) is 8.27. The van der Waals surface area contributed by atoms with Gasteiger partial charge in [0.25, 0.3) is 10.0 Å². The maximum atomic E-state index is 12.2. The van der Waals surface area contributed by atoms with Gasteiger partial charge in [0.1, 0.15) is 0 Å². The molecule has 0 unspecified atom stereocenters. The molecule has 0 saturated heterocycles. The van der Waals surface area contributed by atoms with Gasteiger partial charge in [0.15, 0.2) is 0 Å². The van der Waals surface area contributed by atoms with E-state index in [1.165, 1.54) is 0 Å². The summed E-state index contributed by atoms with van der Waals surface area (Å²) in [6.07, 6.45) is 3.20. The summed E-state index contributed by atoms with van der Waals surface area (Å²) in [6.45, 7) is 2.14. The molecule has 0 bridgehead atoms. The monoisotopic (exact) mass is 289 g/mol. The maximum Gasteiger partial charge on any atom is 0.261 e. The van der Waals surface area contributed by atoms with Crippen LogP contribution in [0.15, 0.2) is 59.5 Å². The predicted octanol–water partition coefficient (Wildman–Crippen LogP) is 3.83. The highest BCUT2D eigenvalue weighted by Gasteiger charge is 2.13. The van der Waals surface area contributed by atoms with Gasteiger partial charge in [-0.25, -0.2) is 8.42 Å². The summed E-state index contributed by atoms with van der Waals surface area (Å²) < 4.78 is 27.1. The van der Waals surface area contributed by atoms with Crippen molar-refractivity contribution in [1.29, 1.82) is 0 Å². The average molecular weight is 289 g/mol. The smallest absolute Gasteiger partial charge is 0.261 e. The molecule has 2 rings (SSSR count). The molecule has 1 N–H and O–H groups in total. The number of hydrogen-bond donors (Lipinski definition) is 1. The molecule has 0 aromatic heterocycles. The number of benzene rings is 2. The van der Waals surface area contributed by atoms with Crippen LogP contribution in [0.25, 0.3) is 0 Å². The molecule has 0 aliphatic heterocycles. The van der Waals surface area contributed by atoms with Crippen molar-refractivity contribution >= 4 is 15.7 Å². The highest BCUT2D eigenvalue weighted by molar-refractivity contribution is 7.92. The molecule has 0 atom stereocenters. The molecular weight excluding hydrogens is 270 g/mol. The summed E-state index contributed by atoms with van der Waals surface area (Å²) in [5.74, 6) is 0. The Labute approximate surface area is 120 Å². The zero-order valence-electron chi connectivity index (χ0n) is 11.5. The van der Waals surface area contributed by atoms with E-state index in [0.29, 0.717) is 5.69 Å². The van der Waals surface area contributed by atoms with Crippen LogP contribution < -0.4 is 4.72 Å². The van der Waals surface area contributed by atoms with Gasteiger partial charge in [0.2, 0.25) is 0 Å². The SMILES string of the molecule is CCCCc1cccc(NS(=O)(=O)c2ccccc2)c1. The zero-order chi connectivity index (χ0) is 14.4. The van der Waals surface area contributed by atoms with E-state index in [2.05, 4.69) is 11.6 Å². The largest absolute Gasteiger partial charge is 0.280 e. The molecule has 0 spiro atoms. The van der Waals surface area contributed by atoms with Gasteiger partial charge in [-0.05, 0) is 42.7 Å². The van der Waals surface area contributed by atoms with E-state index in [1.807, 2.05) is 18.2 Å². The molecule has 0 saturated carbocycles. The third-order valence-corrected chi connectivity index (χ3v) is 4.45. The summed E-state index contributed by atoms with van der Waals surface area (Å²) in [6, 6.07) is 16.0. The lowest BCUT2D eigenvalue weighted by molar-refractivity contribution is 0.601. The number of unbranched alkanes of at least 4 members (excludes halogenated alkanes) is 1. The first kappa shape index (κ1) is 14.6. The van der Waals surface area contributed by atoms with Crippen LogP contribution in [0.4, 0.5) is 5.69 Å². The highest BCUT2D eigenvalue weighted by Crippen LogP contribution is 2.18. The van der Waals surface area contributed by atoms with Crippen LogP contribution in [0.3, 0.4) is 0 Å². The van der Waals surface area contributed by atoms with Crippen molar-refractivity contribution in [2.75, 3.05) is 4.72 Å². The van der Waals surface area contributed by atoms with Gasteiger partial charge in [-0.2, -0.15) is 0 Å². The minimum Gasteiger partial charge on any atom is -0.280 e. The fraction of sp³-hybridized carbons (Fsp3) is 0.250. The Balaban J connectivity index is 2.17. The van der Waals surface area contributed by atoms with Gasteiger partial charge in [0.05, 0.1) is 4.90 Å².